The van der Waals surface area contributed by atoms with E-state index in [1.54, 1.807) is 35.6 Å². The summed E-state index contributed by atoms with van der Waals surface area (Å²) in [4.78, 5) is 14.8. The first-order valence-corrected chi connectivity index (χ1v) is 5.74. The summed E-state index contributed by atoms with van der Waals surface area (Å²) in [6.07, 6.45) is 8.64. The van der Waals surface area contributed by atoms with E-state index in [1.165, 1.54) is 0 Å². The SMILES string of the molecule is O=C(O)c1ccn(-c2ccc(-n3ccnc3)cc2)c1. The highest BCUT2D eigenvalue weighted by molar-refractivity contribution is 5.87. The predicted octanol–water partition coefficient (Wildman–Crippen LogP) is 2.36. The van der Waals surface area contributed by atoms with Crippen molar-refractivity contribution in [1.82, 2.24) is 14.1 Å². The molecule has 5 nitrogen and oxygen atoms in total. The first-order valence-electron chi connectivity index (χ1n) is 5.74. The van der Waals surface area contributed by atoms with Gasteiger partial charge in [-0.2, -0.15) is 0 Å². The van der Waals surface area contributed by atoms with Crippen LogP contribution in [-0.2, 0) is 0 Å². The van der Waals surface area contributed by atoms with Crippen molar-refractivity contribution in [2.24, 2.45) is 0 Å². The first-order chi connectivity index (χ1) is 9.24. The maximum Gasteiger partial charge on any atom is 0.337 e. The van der Waals surface area contributed by atoms with Crippen molar-refractivity contribution in [2.45, 2.75) is 0 Å². The van der Waals surface area contributed by atoms with Gasteiger partial charge in [0.05, 0.1) is 11.9 Å². The third kappa shape index (κ3) is 2.13. The Balaban J connectivity index is 1.91. The third-order valence-electron chi connectivity index (χ3n) is 2.89. The van der Waals surface area contributed by atoms with Gasteiger partial charge >= 0.3 is 5.97 Å². The molecule has 0 aliphatic carbocycles. The first kappa shape index (κ1) is 11.3. The molecule has 3 aromatic rings. The largest absolute Gasteiger partial charge is 0.478 e. The normalized spacial score (nSPS) is 10.5. The molecule has 0 saturated carbocycles. The molecule has 94 valence electrons. The molecule has 0 aliphatic heterocycles. The fraction of sp³-hybridized carbons (Fsp3) is 0. The summed E-state index contributed by atoms with van der Waals surface area (Å²) in [5.41, 5.74) is 2.20. The third-order valence-corrected chi connectivity index (χ3v) is 2.89. The van der Waals surface area contributed by atoms with E-state index in [2.05, 4.69) is 4.98 Å². The van der Waals surface area contributed by atoms with Crippen LogP contribution in [0.3, 0.4) is 0 Å². The molecule has 2 aromatic heterocycles. The second-order valence-electron chi connectivity index (χ2n) is 4.10. The molecule has 1 N–H and O–H groups in total. The van der Waals surface area contributed by atoms with E-state index in [4.69, 9.17) is 5.11 Å². The monoisotopic (exact) mass is 253 g/mol. The zero-order valence-corrected chi connectivity index (χ0v) is 9.97. The fourth-order valence-corrected chi connectivity index (χ4v) is 1.89. The van der Waals surface area contributed by atoms with Gasteiger partial charge in [-0.3, -0.25) is 0 Å². The van der Waals surface area contributed by atoms with Crippen LogP contribution in [-0.4, -0.2) is 25.2 Å². The fourth-order valence-electron chi connectivity index (χ4n) is 1.89. The van der Waals surface area contributed by atoms with Gasteiger partial charge in [0.2, 0.25) is 0 Å². The van der Waals surface area contributed by atoms with Crippen LogP contribution in [0.5, 0.6) is 0 Å². The topological polar surface area (TPSA) is 60.0 Å². The molecule has 0 atom stereocenters. The molecule has 0 bridgehead atoms. The van der Waals surface area contributed by atoms with E-state index in [9.17, 15) is 4.79 Å². The number of carbonyl (C=O) groups is 1. The lowest BCUT2D eigenvalue weighted by atomic mass is 10.3. The summed E-state index contributed by atoms with van der Waals surface area (Å²) < 4.78 is 3.68. The number of carboxylic acid groups (broad SMARTS) is 1. The molecule has 0 saturated heterocycles. The standard InChI is InChI=1S/C14H11N3O2/c18-14(19)11-5-7-16(9-11)12-1-3-13(4-2-12)17-8-6-15-10-17/h1-10H,(H,18,19). The Hall–Kier alpha value is -2.82. The highest BCUT2D eigenvalue weighted by Gasteiger charge is 2.05. The number of rotatable bonds is 3. The number of benzene rings is 1. The second kappa shape index (κ2) is 4.45. The molecule has 0 unspecified atom stereocenters. The van der Waals surface area contributed by atoms with E-state index in [0.717, 1.165) is 11.4 Å². The number of aromatic nitrogens is 3. The van der Waals surface area contributed by atoms with Gasteiger partial charge in [-0.1, -0.05) is 0 Å². The lowest BCUT2D eigenvalue weighted by Crippen LogP contribution is -1.95. The molecular weight excluding hydrogens is 242 g/mol. The summed E-state index contributed by atoms with van der Waals surface area (Å²) in [5, 5.41) is 8.89. The van der Waals surface area contributed by atoms with Crippen LogP contribution in [0.4, 0.5) is 0 Å². The lowest BCUT2D eigenvalue weighted by molar-refractivity contribution is 0.0697. The molecule has 0 fully saturated rings. The quantitative estimate of drug-likeness (QED) is 0.779. The van der Waals surface area contributed by atoms with E-state index in [1.807, 2.05) is 35.0 Å². The van der Waals surface area contributed by atoms with Crippen molar-refractivity contribution in [3.05, 3.63) is 67.0 Å². The highest BCUT2D eigenvalue weighted by Crippen LogP contribution is 2.14. The Morgan fingerprint density at radius 3 is 2.21 bits per heavy atom. The van der Waals surface area contributed by atoms with Gasteiger partial charge in [0.1, 0.15) is 0 Å². The Morgan fingerprint density at radius 2 is 1.68 bits per heavy atom. The predicted molar refractivity (Wildman–Crippen MR) is 69.9 cm³/mol. The van der Waals surface area contributed by atoms with Gasteiger partial charge in [0, 0.05) is 36.2 Å². The van der Waals surface area contributed by atoms with Crippen LogP contribution in [0.2, 0.25) is 0 Å². The van der Waals surface area contributed by atoms with Gasteiger partial charge in [0.15, 0.2) is 0 Å². The van der Waals surface area contributed by atoms with Gasteiger partial charge in [-0.25, -0.2) is 9.78 Å². The van der Waals surface area contributed by atoms with Crippen molar-refractivity contribution >= 4 is 5.97 Å². The van der Waals surface area contributed by atoms with Gasteiger partial charge in [-0.05, 0) is 30.3 Å². The molecule has 0 amide bonds. The smallest absolute Gasteiger partial charge is 0.337 e. The highest BCUT2D eigenvalue weighted by atomic mass is 16.4. The number of aromatic carboxylic acids is 1. The minimum Gasteiger partial charge on any atom is -0.478 e. The zero-order chi connectivity index (χ0) is 13.2. The Labute approximate surface area is 109 Å². The maximum absolute atomic E-state index is 10.8. The summed E-state index contributed by atoms with van der Waals surface area (Å²) in [6.45, 7) is 0. The van der Waals surface area contributed by atoms with Gasteiger partial charge in [-0.15, -0.1) is 0 Å². The average molecular weight is 253 g/mol. The van der Waals surface area contributed by atoms with Crippen molar-refractivity contribution in [1.29, 1.82) is 0 Å². The number of hydrogen-bond donors (Lipinski definition) is 1. The summed E-state index contributed by atoms with van der Waals surface area (Å²) >= 11 is 0. The molecule has 3 rings (SSSR count). The van der Waals surface area contributed by atoms with Crippen LogP contribution < -0.4 is 0 Å². The lowest BCUT2D eigenvalue weighted by Gasteiger charge is -2.05. The van der Waals surface area contributed by atoms with Crippen LogP contribution in [0, 0.1) is 0 Å². The molecule has 0 aliphatic rings. The van der Waals surface area contributed by atoms with Crippen molar-refractivity contribution in [3.63, 3.8) is 0 Å². The minimum atomic E-state index is -0.922. The van der Waals surface area contributed by atoms with E-state index in [0.29, 0.717) is 0 Å². The molecular formula is C14H11N3O2. The van der Waals surface area contributed by atoms with Gasteiger partial charge < -0.3 is 14.2 Å². The van der Waals surface area contributed by atoms with Crippen molar-refractivity contribution in [2.75, 3.05) is 0 Å². The second-order valence-corrected chi connectivity index (χ2v) is 4.10. The maximum atomic E-state index is 10.8. The van der Waals surface area contributed by atoms with Crippen LogP contribution in [0.25, 0.3) is 11.4 Å². The Kier molecular flexibility index (Phi) is 2.64. The summed E-state index contributed by atoms with van der Waals surface area (Å²) in [6, 6.07) is 9.35. The minimum absolute atomic E-state index is 0.277. The molecule has 1 aromatic carbocycles. The van der Waals surface area contributed by atoms with Crippen LogP contribution in [0.1, 0.15) is 10.4 Å². The number of hydrogen-bond acceptors (Lipinski definition) is 2. The Morgan fingerprint density at radius 1 is 1.00 bits per heavy atom. The van der Waals surface area contributed by atoms with Gasteiger partial charge in [0.25, 0.3) is 0 Å². The van der Waals surface area contributed by atoms with Crippen LogP contribution >= 0.6 is 0 Å². The van der Waals surface area contributed by atoms with E-state index >= 15 is 0 Å². The van der Waals surface area contributed by atoms with Crippen molar-refractivity contribution < 1.29 is 9.90 Å². The average Bonchev–Trinajstić information content (AvgIpc) is 3.11. The molecule has 19 heavy (non-hydrogen) atoms. The number of nitrogens with zero attached hydrogens (tertiary/aromatic N) is 3. The number of carboxylic acids is 1. The Bertz CT molecular complexity index is 697. The van der Waals surface area contributed by atoms with E-state index in [-0.39, 0.29) is 5.56 Å². The molecule has 2 heterocycles. The number of imidazole rings is 1. The van der Waals surface area contributed by atoms with Crippen molar-refractivity contribution in [3.8, 4) is 11.4 Å². The summed E-state index contributed by atoms with van der Waals surface area (Å²) in [5.74, 6) is -0.922. The summed E-state index contributed by atoms with van der Waals surface area (Å²) in [7, 11) is 0. The van der Waals surface area contributed by atoms with Crippen LogP contribution in [0.15, 0.2) is 61.4 Å². The zero-order valence-electron chi connectivity index (χ0n) is 9.97. The molecule has 0 spiro atoms. The molecule has 5 heteroatoms. The molecule has 0 radical (unpaired) electrons. The van der Waals surface area contributed by atoms with E-state index < -0.39 is 5.97 Å².